The van der Waals surface area contributed by atoms with Crippen molar-refractivity contribution >= 4 is 11.0 Å². The van der Waals surface area contributed by atoms with Crippen LogP contribution >= 0.6 is 0 Å². The fourth-order valence-electron chi connectivity index (χ4n) is 10.3. The van der Waals surface area contributed by atoms with Gasteiger partial charge in [-0.1, -0.05) is 211 Å². The van der Waals surface area contributed by atoms with E-state index in [9.17, 15) is 10.6 Å². The predicted molar refractivity (Wildman–Crippen MR) is 327 cm³/mol. The molecule has 0 radical (unpaired) electrons. The summed E-state index contributed by atoms with van der Waals surface area (Å²) in [6, 6.07) is 36.5. The normalized spacial score (nSPS) is 20.6. The van der Waals surface area contributed by atoms with Crippen LogP contribution in [0, 0.1) is 18.3 Å². The number of phenols is 1. The number of benzene rings is 7. The molecule has 4 nitrogen and oxygen atoms in total. The topological polar surface area (TPSA) is 50.9 Å². The molecule has 0 unspecified atom stereocenters. The Morgan fingerprint density at radius 3 is 1.97 bits per heavy atom. The van der Waals surface area contributed by atoms with Gasteiger partial charge in [-0.2, -0.15) is 0 Å². The molecule has 1 fully saturated rings. The second kappa shape index (κ2) is 21.0. The fourth-order valence-corrected chi connectivity index (χ4v) is 10.3. The Kier molecular flexibility index (Phi) is 8.81. The molecule has 0 spiro atoms. The van der Waals surface area contributed by atoms with Crippen molar-refractivity contribution in [3.8, 4) is 78.6 Å². The zero-order valence-corrected chi connectivity index (χ0v) is 47.4. The molecule has 0 aliphatic heterocycles. The summed E-state index contributed by atoms with van der Waals surface area (Å²) < 4.78 is 225. The molecule has 0 atom stereocenters. The number of aromatic hydroxyl groups is 1. The number of hydrogen-bond acceptors (Lipinski definition) is 3. The molecule has 1 aliphatic carbocycles. The molecule has 0 bridgehead atoms. The van der Waals surface area contributed by atoms with Gasteiger partial charge in [0, 0.05) is 74.2 Å². The molecule has 5 heteroatoms. The van der Waals surface area contributed by atoms with Crippen LogP contribution in [0.4, 0.5) is 0 Å². The van der Waals surface area contributed by atoms with Crippen molar-refractivity contribution in [3.05, 3.63) is 191 Å². The largest absolute Gasteiger partial charge is 0.507 e. The van der Waals surface area contributed by atoms with Gasteiger partial charge in [0.05, 0.1) is 26.4 Å². The molecular weight excluding hydrogens is 1130 g/mol. The number of imidazole rings is 1. The van der Waals surface area contributed by atoms with E-state index in [1.807, 2.05) is 53.7 Å². The van der Waals surface area contributed by atoms with Gasteiger partial charge in [0.1, 0.15) is 11.6 Å². The molecule has 404 valence electrons. The number of phenolic OH excluding ortho intramolecular Hbond substituents is 1. The number of aromatic nitrogens is 3. The van der Waals surface area contributed by atoms with Crippen LogP contribution < -0.4 is 0 Å². The van der Waals surface area contributed by atoms with Crippen LogP contribution in [0.3, 0.4) is 0 Å². The minimum absolute atomic E-state index is 0. The Morgan fingerprint density at radius 1 is 0.628 bits per heavy atom. The molecule has 78 heavy (non-hydrogen) atoms. The molecule has 2 aromatic heterocycles. The minimum atomic E-state index is -4.41. The summed E-state index contributed by atoms with van der Waals surface area (Å²) in [4.78, 5) is 9.84. The monoisotopic (exact) mass is 1230 g/mol. The number of fused-ring (bicyclic) bond motifs is 1. The maximum Gasteiger partial charge on any atom is 0.148 e. The van der Waals surface area contributed by atoms with E-state index >= 15 is 0 Å². The minimum Gasteiger partial charge on any atom is -0.507 e. The maximum absolute atomic E-state index is 13.3. The summed E-state index contributed by atoms with van der Waals surface area (Å²) in [5, 5.41) is 13.3. The standard InChI is InChI=1S/C73H80N3O.Pt/c1-46-38-51(48-32-35-73(14,15)36-33-48)28-30-58(46)50-26-24-47(25-27-50)52-34-37-74-63(42-52)54-39-53(40-56(41-54)70(5,6)7)59-22-19-23-65-66(59)75-68(61-44-57(71(8,9)10)45-62(67(61)77)72(11,12)13)76(65)64-31-29-55(69(2,3)4)43-60(64)49-20-17-16-18-21-49;/h16-31,34,37-38,40-45,48,77H,32-33,35-36H2,1-15H3;/q-1;/i1D3,8D3,9D3,10D3,11D3,12D3,13D3,34D,42D,45D,48D;. The number of hydrogen-bond donors (Lipinski definition) is 1. The van der Waals surface area contributed by atoms with Crippen molar-refractivity contribution < 1.29 is 60.4 Å². The summed E-state index contributed by atoms with van der Waals surface area (Å²) >= 11 is 0. The van der Waals surface area contributed by atoms with Gasteiger partial charge in [0.15, 0.2) is 0 Å². The average molecular weight is 1240 g/mol. The second-order valence-electron chi connectivity index (χ2n) is 23.4. The van der Waals surface area contributed by atoms with E-state index in [4.69, 9.17) is 33.8 Å². The smallest absolute Gasteiger partial charge is 0.148 e. The first kappa shape index (κ1) is 32.7. The van der Waals surface area contributed by atoms with Crippen LogP contribution in [0.15, 0.2) is 152 Å². The summed E-state index contributed by atoms with van der Waals surface area (Å²) in [7, 11) is 0. The van der Waals surface area contributed by atoms with E-state index in [0.29, 0.717) is 57.9 Å². The Hall–Kier alpha value is -6.35. The molecule has 2 heterocycles. The molecule has 1 N–H and O–H groups in total. The van der Waals surface area contributed by atoms with Gasteiger partial charge in [-0.3, -0.25) is 9.55 Å². The number of rotatable bonds is 8. The molecule has 0 saturated heterocycles. The SMILES string of the molecule is [2H]c1cnc(-c2[c-]c(-c3cccc4c3nc(-c3cc(C(C([2H])([2H])[2H])(C([2H])([2H])[2H])C([2H])([2H])[2H])c([2H])c(C(C([2H])([2H])[2H])(C([2H])([2H])[2H])C([2H])([2H])[2H])c3O)n4-c3ccc(C(C)(C)C)cc3-c3ccccc3)cc(C(C)(C)C)c2)c([2H])c1-c1ccc(-c2ccc(C3([2H])CCC(C)(C)CC3)cc2C([2H])([2H])[2H])cc1.[Pt]. The first-order chi connectivity index (χ1) is 46.6. The average Bonchev–Trinajstić information content (AvgIpc) is 1.20. The van der Waals surface area contributed by atoms with Crippen molar-refractivity contribution in [2.24, 2.45) is 5.41 Å². The van der Waals surface area contributed by atoms with E-state index in [1.54, 1.807) is 109 Å². The summed E-state index contributed by atoms with van der Waals surface area (Å²) in [6.07, 6.45) is 4.11. The van der Waals surface area contributed by atoms with Crippen molar-refractivity contribution in [2.75, 3.05) is 0 Å². The molecular formula is C73H80N3OPt-. The molecule has 0 amide bonds. The number of para-hydroxylation sites is 1. The fraction of sp³-hybridized carbons (Fsp3) is 0.342. The third-order valence-electron chi connectivity index (χ3n) is 15.0. The van der Waals surface area contributed by atoms with Gasteiger partial charge in [0.25, 0.3) is 0 Å². The summed E-state index contributed by atoms with van der Waals surface area (Å²) in [5.41, 5.74) is -8.24. The molecule has 7 aromatic carbocycles. The third kappa shape index (κ3) is 11.4. The second-order valence-corrected chi connectivity index (χ2v) is 23.4. The summed E-state index contributed by atoms with van der Waals surface area (Å²) in [5.74, 6) is -3.12. The first-order valence-electron chi connectivity index (χ1n) is 38.5. The van der Waals surface area contributed by atoms with E-state index < -0.39 is 110 Å². The van der Waals surface area contributed by atoms with Crippen LogP contribution in [0.2, 0.25) is 0 Å². The summed E-state index contributed by atoms with van der Waals surface area (Å²) in [6.45, 7) is -12.2. The Morgan fingerprint density at radius 2 is 1.29 bits per heavy atom. The van der Waals surface area contributed by atoms with Gasteiger partial charge in [-0.05, 0) is 146 Å². The zero-order valence-electron chi connectivity index (χ0n) is 70.1. The molecule has 1 saturated carbocycles. The predicted octanol–water partition coefficient (Wildman–Crippen LogP) is 20.1. The van der Waals surface area contributed by atoms with Gasteiger partial charge in [-0.15, -0.1) is 29.3 Å². The van der Waals surface area contributed by atoms with E-state index in [1.165, 1.54) is 10.8 Å². The maximum atomic E-state index is 13.3. The van der Waals surface area contributed by atoms with Gasteiger partial charge in [0.2, 0.25) is 0 Å². The zero-order chi connectivity index (χ0) is 76.0. The van der Waals surface area contributed by atoms with Gasteiger partial charge in [-0.25, -0.2) is 4.98 Å². The van der Waals surface area contributed by atoms with Gasteiger partial charge < -0.3 is 5.11 Å². The quantitative estimate of drug-likeness (QED) is 0.154. The van der Waals surface area contributed by atoms with E-state index in [0.717, 1.165) is 18.4 Å². The first-order valence-corrected chi connectivity index (χ1v) is 26.0. The van der Waals surface area contributed by atoms with Crippen LogP contribution in [0.1, 0.15) is 196 Å². The van der Waals surface area contributed by atoms with Crippen LogP contribution in [0.5, 0.6) is 5.75 Å². The van der Waals surface area contributed by atoms with Crippen molar-refractivity contribution in [3.63, 3.8) is 0 Å². The van der Waals surface area contributed by atoms with Crippen LogP contribution in [-0.2, 0) is 42.7 Å². The number of nitrogens with zero attached hydrogens (tertiary/aromatic N) is 3. The van der Waals surface area contributed by atoms with E-state index in [-0.39, 0.29) is 88.8 Å². The van der Waals surface area contributed by atoms with E-state index in [2.05, 4.69) is 24.9 Å². The number of pyridine rings is 1. The van der Waals surface area contributed by atoms with Crippen molar-refractivity contribution in [1.29, 1.82) is 0 Å². The molecule has 1 aliphatic rings. The Bertz CT molecular complexity index is 4630. The van der Waals surface area contributed by atoms with Crippen LogP contribution in [0.25, 0.3) is 83.9 Å². The van der Waals surface area contributed by atoms with Crippen molar-refractivity contribution in [1.82, 2.24) is 14.5 Å². The molecule has 9 aromatic rings. The van der Waals surface area contributed by atoms with Crippen LogP contribution in [-0.4, -0.2) is 19.6 Å². The van der Waals surface area contributed by atoms with Crippen molar-refractivity contribution in [2.45, 2.75) is 157 Å². The molecule has 10 rings (SSSR count). The Labute approximate surface area is 516 Å². The van der Waals surface area contributed by atoms with Gasteiger partial charge >= 0.3 is 0 Å². The third-order valence-corrected chi connectivity index (χ3v) is 15.0. The number of aryl methyl sites for hydroxylation is 1. The Balaban J connectivity index is 0.0000123.